The Bertz CT molecular complexity index is 1870. The molecule has 2 amide bonds. The van der Waals surface area contributed by atoms with E-state index in [0.717, 1.165) is 44.4 Å². The maximum absolute atomic E-state index is 12.7. The molecule has 5 heterocycles. The van der Waals surface area contributed by atoms with Crippen LogP contribution in [0.5, 0.6) is 0 Å². The number of H-pyrrole nitrogens is 2. The molecule has 198 valence electrons. The molecule has 1 aliphatic heterocycles. The van der Waals surface area contributed by atoms with Crippen LogP contribution >= 0.6 is 0 Å². The summed E-state index contributed by atoms with van der Waals surface area (Å²) in [6.45, 7) is 4.31. The molecule has 0 unspecified atom stereocenters. The molecular formula is C30H26N8O2. The van der Waals surface area contributed by atoms with Gasteiger partial charge in [-0.15, -0.1) is 0 Å². The van der Waals surface area contributed by atoms with Gasteiger partial charge < -0.3 is 19.9 Å². The number of anilines is 1. The van der Waals surface area contributed by atoms with Crippen molar-refractivity contribution in [2.75, 3.05) is 31.6 Å². The standard InChI is InChI=1S/C30H26N8O2/c1-18-4-2-5-19(12-18)23-6-3-7-25-26(23)35-29(34-25)27-24-14-21(16-32-28(24)37-36-27)20-13-22(17-31-15-20)33-30(39)38-8-10-40-11-9-38/h2-7,12-17H,8-11H2,1H3,(H,33,39)(H,34,35)(H,32,36,37). The minimum Gasteiger partial charge on any atom is -0.378 e. The highest BCUT2D eigenvalue weighted by Crippen LogP contribution is 2.33. The number of nitrogens with one attached hydrogen (secondary N) is 3. The fourth-order valence-corrected chi connectivity index (χ4v) is 5.07. The first-order valence-corrected chi connectivity index (χ1v) is 13.1. The first-order valence-electron chi connectivity index (χ1n) is 13.1. The molecule has 3 N–H and O–H groups in total. The van der Waals surface area contributed by atoms with Crippen molar-refractivity contribution in [3.05, 3.63) is 78.8 Å². The zero-order chi connectivity index (χ0) is 27.1. The number of ether oxygens (including phenoxy) is 1. The van der Waals surface area contributed by atoms with Crippen LogP contribution in [0.2, 0.25) is 0 Å². The molecule has 0 aliphatic carbocycles. The minimum absolute atomic E-state index is 0.164. The number of carbonyl (C=O) groups is 1. The summed E-state index contributed by atoms with van der Waals surface area (Å²) in [6.07, 6.45) is 5.14. The van der Waals surface area contributed by atoms with Gasteiger partial charge in [0.2, 0.25) is 0 Å². The molecule has 1 saturated heterocycles. The molecule has 6 aromatic rings. The Hall–Kier alpha value is -5.09. The quantitative estimate of drug-likeness (QED) is 0.280. The second-order valence-electron chi connectivity index (χ2n) is 9.84. The monoisotopic (exact) mass is 530 g/mol. The third-order valence-electron chi connectivity index (χ3n) is 7.11. The molecule has 1 aliphatic rings. The van der Waals surface area contributed by atoms with E-state index in [1.807, 2.05) is 24.3 Å². The summed E-state index contributed by atoms with van der Waals surface area (Å²) in [4.78, 5) is 31.8. The van der Waals surface area contributed by atoms with Crippen LogP contribution in [0.25, 0.3) is 55.8 Å². The average molecular weight is 531 g/mol. The Kier molecular flexibility index (Phi) is 5.94. The van der Waals surface area contributed by atoms with Crippen molar-refractivity contribution in [2.24, 2.45) is 0 Å². The van der Waals surface area contributed by atoms with Gasteiger partial charge in [-0.1, -0.05) is 42.0 Å². The van der Waals surface area contributed by atoms with Gasteiger partial charge in [-0.2, -0.15) is 5.10 Å². The highest BCUT2D eigenvalue weighted by atomic mass is 16.5. The average Bonchev–Trinajstić information content (AvgIpc) is 3.61. The van der Waals surface area contributed by atoms with E-state index in [9.17, 15) is 4.79 Å². The number of aromatic amines is 2. The van der Waals surface area contributed by atoms with E-state index in [0.29, 0.717) is 43.5 Å². The Morgan fingerprint density at radius 2 is 1.82 bits per heavy atom. The molecule has 7 rings (SSSR count). The third-order valence-corrected chi connectivity index (χ3v) is 7.11. The van der Waals surface area contributed by atoms with Crippen LogP contribution in [0, 0.1) is 6.92 Å². The van der Waals surface area contributed by atoms with Crippen molar-refractivity contribution in [2.45, 2.75) is 6.92 Å². The number of urea groups is 1. The summed E-state index contributed by atoms with van der Waals surface area (Å²) < 4.78 is 5.34. The summed E-state index contributed by atoms with van der Waals surface area (Å²) in [7, 11) is 0. The maximum Gasteiger partial charge on any atom is 0.322 e. The van der Waals surface area contributed by atoms with Gasteiger partial charge in [-0.25, -0.2) is 14.8 Å². The Morgan fingerprint density at radius 3 is 2.70 bits per heavy atom. The Morgan fingerprint density at radius 1 is 0.975 bits per heavy atom. The van der Waals surface area contributed by atoms with Gasteiger partial charge in [0.1, 0.15) is 5.69 Å². The number of amides is 2. The molecule has 40 heavy (non-hydrogen) atoms. The minimum atomic E-state index is -0.164. The van der Waals surface area contributed by atoms with E-state index in [1.54, 1.807) is 23.5 Å². The van der Waals surface area contributed by atoms with Crippen molar-refractivity contribution in [3.8, 4) is 33.8 Å². The molecule has 0 spiro atoms. The molecule has 1 fully saturated rings. The van der Waals surface area contributed by atoms with Gasteiger partial charge in [0.15, 0.2) is 11.5 Å². The van der Waals surface area contributed by atoms with E-state index in [1.165, 1.54) is 5.56 Å². The highest BCUT2D eigenvalue weighted by Gasteiger charge is 2.18. The lowest BCUT2D eigenvalue weighted by Crippen LogP contribution is -2.43. The maximum atomic E-state index is 12.7. The number of carbonyl (C=O) groups excluding carboxylic acids is 1. The number of rotatable bonds is 4. The van der Waals surface area contributed by atoms with Crippen LogP contribution in [-0.4, -0.2) is 67.4 Å². The number of aromatic nitrogens is 6. The molecule has 0 bridgehead atoms. The SMILES string of the molecule is Cc1cccc(-c2cccc3[nH]c(-c4[nH]nc5ncc(-c6cncc(NC(=O)N7CCOCC7)c6)cc45)nc23)c1. The van der Waals surface area contributed by atoms with Crippen LogP contribution < -0.4 is 5.32 Å². The van der Waals surface area contributed by atoms with Crippen LogP contribution in [0.15, 0.2) is 73.2 Å². The topological polar surface area (TPSA) is 125 Å². The Labute approximate surface area is 229 Å². The number of imidazole rings is 1. The summed E-state index contributed by atoms with van der Waals surface area (Å²) >= 11 is 0. The fourth-order valence-electron chi connectivity index (χ4n) is 5.07. The number of morpholine rings is 1. The van der Waals surface area contributed by atoms with E-state index in [-0.39, 0.29) is 6.03 Å². The zero-order valence-electron chi connectivity index (χ0n) is 21.8. The first-order chi connectivity index (χ1) is 19.6. The number of pyridine rings is 2. The summed E-state index contributed by atoms with van der Waals surface area (Å²) in [5, 5.41) is 11.3. The molecule has 2 aromatic carbocycles. The second-order valence-corrected chi connectivity index (χ2v) is 9.84. The lowest BCUT2D eigenvalue weighted by molar-refractivity contribution is 0.0564. The van der Waals surface area contributed by atoms with Crippen LogP contribution in [0.3, 0.4) is 0 Å². The van der Waals surface area contributed by atoms with Gasteiger partial charge in [0, 0.05) is 42.2 Å². The summed E-state index contributed by atoms with van der Waals surface area (Å²) in [5.74, 6) is 0.682. The smallest absolute Gasteiger partial charge is 0.322 e. The van der Waals surface area contributed by atoms with Gasteiger partial charge in [-0.05, 0) is 30.7 Å². The van der Waals surface area contributed by atoms with Crippen LogP contribution in [0.4, 0.5) is 10.5 Å². The summed E-state index contributed by atoms with van der Waals surface area (Å²) in [6, 6.07) is 18.3. The number of hydrogen-bond donors (Lipinski definition) is 3. The lowest BCUT2D eigenvalue weighted by Gasteiger charge is -2.26. The van der Waals surface area contributed by atoms with Crippen molar-refractivity contribution < 1.29 is 9.53 Å². The molecule has 10 nitrogen and oxygen atoms in total. The van der Waals surface area contributed by atoms with Crippen molar-refractivity contribution in [1.82, 2.24) is 35.0 Å². The number of hydrogen-bond acceptors (Lipinski definition) is 6. The van der Waals surface area contributed by atoms with Crippen molar-refractivity contribution >= 4 is 33.8 Å². The van der Waals surface area contributed by atoms with Gasteiger partial charge in [0.05, 0.1) is 41.5 Å². The number of fused-ring (bicyclic) bond motifs is 2. The fraction of sp³-hybridized carbons (Fsp3) is 0.167. The zero-order valence-corrected chi connectivity index (χ0v) is 21.8. The van der Waals surface area contributed by atoms with Gasteiger partial charge >= 0.3 is 6.03 Å². The highest BCUT2D eigenvalue weighted by molar-refractivity contribution is 5.97. The Balaban J connectivity index is 1.23. The third kappa shape index (κ3) is 4.44. The predicted octanol–water partition coefficient (Wildman–Crippen LogP) is 5.40. The molecule has 10 heteroatoms. The normalized spacial score (nSPS) is 13.7. The first kappa shape index (κ1) is 24.0. The van der Waals surface area contributed by atoms with Crippen LogP contribution in [0.1, 0.15) is 5.56 Å². The molecule has 4 aromatic heterocycles. The van der Waals surface area contributed by atoms with Gasteiger partial charge in [-0.3, -0.25) is 10.1 Å². The van der Waals surface area contributed by atoms with Crippen molar-refractivity contribution in [1.29, 1.82) is 0 Å². The van der Waals surface area contributed by atoms with E-state index < -0.39 is 0 Å². The predicted molar refractivity (Wildman–Crippen MR) is 154 cm³/mol. The number of nitrogens with zero attached hydrogens (tertiary/aromatic N) is 5. The lowest BCUT2D eigenvalue weighted by atomic mass is 10.0. The second kappa shape index (κ2) is 9.90. The number of benzene rings is 2. The van der Waals surface area contributed by atoms with Gasteiger partial charge in [0.25, 0.3) is 0 Å². The molecule has 0 radical (unpaired) electrons. The molecule has 0 atom stereocenters. The number of aryl methyl sites for hydroxylation is 1. The molecule has 0 saturated carbocycles. The number of para-hydroxylation sites is 1. The van der Waals surface area contributed by atoms with Crippen molar-refractivity contribution in [3.63, 3.8) is 0 Å². The molecular weight excluding hydrogens is 504 g/mol. The van der Waals surface area contributed by atoms with E-state index in [2.05, 4.69) is 67.7 Å². The van der Waals surface area contributed by atoms with Crippen LogP contribution in [-0.2, 0) is 4.74 Å². The van der Waals surface area contributed by atoms with E-state index in [4.69, 9.17) is 9.72 Å². The summed E-state index contributed by atoms with van der Waals surface area (Å²) in [5.41, 5.74) is 8.84. The largest absolute Gasteiger partial charge is 0.378 e. The van der Waals surface area contributed by atoms with E-state index >= 15 is 0 Å².